The molecule has 76 valence electrons. The van der Waals surface area contributed by atoms with Crippen molar-refractivity contribution in [1.29, 1.82) is 0 Å². The third kappa shape index (κ3) is 2.03. The van der Waals surface area contributed by atoms with E-state index in [0.717, 1.165) is 0 Å². The molecule has 0 N–H and O–H groups in total. The van der Waals surface area contributed by atoms with Crippen molar-refractivity contribution in [3.05, 3.63) is 43.1 Å². The zero-order valence-electron chi connectivity index (χ0n) is 10.9. The Morgan fingerprint density at radius 2 is 1.57 bits per heavy atom. The summed E-state index contributed by atoms with van der Waals surface area (Å²) in [6, 6.07) is 0. The van der Waals surface area contributed by atoms with E-state index in [0.29, 0.717) is 0 Å². The van der Waals surface area contributed by atoms with Crippen molar-refractivity contribution in [2.45, 2.75) is 26.7 Å². The fraction of sp³-hybridized carbons (Fsp3) is 0.308. The molecule has 0 fully saturated rings. The molecule has 0 saturated carbocycles. The van der Waals surface area contributed by atoms with Crippen LogP contribution >= 0.6 is 0 Å². The SMILES string of the molecule is C[C](C)=[Hf]([C]1=CC=CC1)[C]1=CC=CC1.[H-].[H-]. The van der Waals surface area contributed by atoms with Crippen LogP contribution in [0.4, 0.5) is 0 Å². The van der Waals surface area contributed by atoms with E-state index in [-0.39, 0.29) is 2.85 Å². The fourth-order valence-electron chi connectivity index (χ4n) is 2.11. The van der Waals surface area contributed by atoms with Gasteiger partial charge in [-0.25, -0.2) is 0 Å². The van der Waals surface area contributed by atoms with Crippen LogP contribution in [0.3, 0.4) is 0 Å². The Labute approximate surface area is 96.7 Å². The van der Waals surface area contributed by atoms with Crippen LogP contribution in [0, 0.1) is 0 Å². The zero-order chi connectivity index (χ0) is 9.97. The van der Waals surface area contributed by atoms with Crippen LogP contribution in [0.2, 0.25) is 0 Å². The van der Waals surface area contributed by atoms with Gasteiger partial charge in [0.15, 0.2) is 0 Å². The summed E-state index contributed by atoms with van der Waals surface area (Å²) in [6.07, 6.45) is 16.2. The van der Waals surface area contributed by atoms with E-state index in [9.17, 15) is 0 Å². The maximum absolute atomic E-state index is 2.37. The molecule has 2 aliphatic carbocycles. The van der Waals surface area contributed by atoms with Gasteiger partial charge in [-0.2, -0.15) is 0 Å². The first-order valence-electron chi connectivity index (χ1n) is 5.18. The van der Waals surface area contributed by atoms with Gasteiger partial charge in [0.05, 0.1) is 0 Å². The summed E-state index contributed by atoms with van der Waals surface area (Å²) in [6.45, 7) is 4.67. The molecule has 0 amide bonds. The first-order valence-corrected chi connectivity index (χ1v) is 10.6. The maximum atomic E-state index is 2.37. The third-order valence-corrected chi connectivity index (χ3v) is 13.6. The van der Waals surface area contributed by atoms with E-state index in [4.69, 9.17) is 0 Å². The quantitative estimate of drug-likeness (QED) is 0.664. The van der Waals surface area contributed by atoms with Crippen LogP contribution in [0.15, 0.2) is 43.1 Å². The molecule has 0 aromatic rings. The average Bonchev–Trinajstić information content (AvgIpc) is 2.75. The van der Waals surface area contributed by atoms with Crippen LogP contribution in [-0.4, -0.2) is 3.26 Å². The predicted octanol–water partition coefficient (Wildman–Crippen LogP) is 3.73. The van der Waals surface area contributed by atoms with Crippen molar-refractivity contribution < 1.29 is 23.8 Å². The van der Waals surface area contributed by atoms with Gasteiger partial charge in [-0.1, -0.05) is 0 Å². The van der Waals surface area contributed by atoms with E-state index < -0.39 is 21.0 Å². The minimum Gasteiger partial charge on any atom is -1.00 e. The molecule has 0 unspecified atom stereocenters. The molecule has 0 spiro atoms. The van der Waals surface area contributed by atoms with Crippen LogP contribution in [0.5, 0.6) is 0 Å². The van der Waals surface area contributed by atoms with Crippen LogP contribution in [0.25, 0.3) is 0 Å². The van der Waals surface area contributed by atoms with Gasteiger partial charge in [0.2, 0.25) is 0 Å². The molecule has 14 heavy (non-hydrogen) atoms. The van der Waals surface area contributed by atoms with Crippen molar-refractivity contribution >= 4 is 3.26 Å². The molecule has 0 bridgehead atoms. The van der Waals surface area contributed by atoms with E-state index >= 15 is 0 Å². The van der Waals surface area contributed by atoms with Gasteiger partial charge < -0.3 is 2.85 Å². The fourth-order valence-corrected chi connectivity index (χ4v) is 12.4. The minimum absolute atomic E-state index is 0. The Balaban J connectivity index is 0.00000112. The monoisotopic (exact) mass is 354 g/mol. The summed E-state index contributed by atoms with van der Waals surface area (Å²) in [7, 11) is 0. The van der Waals surface area contributed by atoms with Gasteiger partial charge in [-0.05, 0) is 0 Å². The molecule has 0 saturated heterocycles. The molecule has 0 aromatic carbocycles. The third-order valence-electron chi connectivity index (χ3n) is 2.68. The van der Waals surface area contributed by atoms with Gasteiger partial charge in [-0.15, -0.1) is 0 Å². The number of hydrogen-bond donors (Lipinski definition) is 0. The summed E-state index contributed by atoms with van der Waals surface area (Å²) in [4.78, 5) is 0. The molecule has 0 nitrogen and oxygen atoms in total. The zero-order valence-corrected chi connectivity index (χ0v) is 12.5. The largest absolute Gasteiger partial charge is 1.00 e. The Bertz CT molecular complexity index is 362. The van der Waals surface area contributed by atoms with E-state index in [2.05, 4.69) is 50.3 Å². The van der Waals surface area contributed by atoms with Crippen LogP contribution in [-0.2, 0) is 21.0 Å². The smallest absolute Gasteiger partial charge is 1.00 e. The predicted molar refractivity (Wildman–Crippen MR) is 62.3 cm³/mol. The normalized spacial score (nSPS) is 18.4. The molecule has 0 aromatic heterocycles. The summed E-state index contributed by atoms with van der Waals surface area (Å²) in [5.74, 6) is 0. The molecular weight excluding hydrogens is 335 g/mol. The van der Waals surface area contributed by atoms with Gasteiger partial charge >= 0.3 is 94.0 Å². The van der Waals surface area contributed by atoms with E-state index in [1.165, 1.54) is 12.8 Å². The van der Waals surface area contributed by atoms with Crippen LogP contribution < -0.4 is 0 Å². The Morgan fingerprint density at radius 3 is 1.86 bits per heavy atom. The second kappa shape index (κ2) is 4.48. The van der Waals surface area contributed by atoms with Gasteiger partial charge in [-0.3, -0.25) is 0 Å². The molecule has 2 rings (SSSR count). The standard InChI is InChI=1S/2C5H5.C3H6.Hf.2H/c2*1-2-4-5-3-1;1-3-2;;;/h2*1-3H,4H2;1-2H3;;;/q;;;;2*-1. The second-order valence-electron chi connectivity index (χ2n) is 4.02. The molecule has 0 radical (unpaired) electrons. The first-order chi connectivity index (χ1) is 6.79. The van der Waals surface area contributed by atoms with Crippen molar-refractivity contribution in [3.63, 3.8) is 0 Å². The Kier molecular flexibility index (Phi) is 3.27. The van der Waals surface area contributed by atoms with E-state index in [1.54, 1.807) is 9.91 Å². The molecule has 0 heterocycles. The summed E-state index contributed by atoms with van der Waals surface area (Å²) in [5, 5.41) is 0. The first kappa shape index (κ1) is 10.2. The molecular formula is C13H18Hf-2. The minimum atomic E-state index is -1.69. The van der Waals surface area contributed by atoms with Gasteiger partial charge in [0.25, 0.3) is 0 Å². The molecule has 2 aliphatic rings. The van der Waals surface area contributed by atoms with Gasteiger partial charge in [0, 0.05) is 0 Å². The Hall–Kier alpha value is -0.300. The van der Waals surface area contributed by atoms with E-state index in [1.807, 2.05) is 0 Å². The Morgan fingerprint density at radius 1 is 1.07 bits per heavy atom. The molecule has 0 atom stereocenters. The van der Waals surface area contributed by atoms with Crippen molar-refractivity contribution in [1.82, 2.24) is 0 Å². The topological polar surface area (TPSA) is 0 Å². The summed E-state index contributed by atoms with van der Waals surface area (Å²) >= 11 is -1.69. The van der Waals surface area contributed by atoms with Gasteiger partial charge in [0.1, 0.15) is 0 Å². The molecule has 0 aliphatic heterocycles. The van der Waals surface area contributed by atoms with Crippen molar-refractivity contribution in [2.75, 3.05) is 0 Å². The number of allylic oxidation sites excluding steroid dienone is 8. The average molecular weight is 353 g/mol. The second-order valence-corrected chi connectivity index (χ2v) is 14.9. The van der Waals surface area contributed by atoms with Crippen molar-refractivity contribution in [2.24, 2.45) is 0 Å². The number of hydrogen-bond acceptors (Lipinski definition) is 0. The molecule has 1 heteroatoms. The van der Waals surface area contributed by atoms with Crippen molar-refractivity contribution in [3.8, 4) is 0 Å². The van der Waals surface area contributed by atoms with Crippen LogP contribution in [0.1, 0.15) is 29.5 Å². The number of rotatable bonds is 2. The summed E-state index contributed by atoms with van der Waals surface area (Å²) in [5.41, 5.74) is 0. The summed E-state index contributed by atoms with van der Waals surface area (Å²) < 4.78 is 5.26. The maximum Gasteiger partial charge on any atom is -1.00 e.